The topological polar surface area (TPSA) is 78.9 Å². The molecule has 0 saturated carbocycles. The zero-order valence-electron chi connectivity index (χ0n) is 8.71. The largest absolute Gasteiger partial charge is 0.481 e. The molecule has 1 atom stereocenters. The number of hydrogen-bond donors (Lipinski definition) is 2. The average Bonchev–Trinajstić information content (AvgIpc) is 2.78. The molecule has 0 spiro atoms. The molecule has 0 bridgehead atoms. The number of hydrogen-bond acceptors (Lipinski definition) is 3. The predicted molar refractivity (Wildman–Crippen MR) is 57.9 cm³/mol. The van der Waals surface area contributed by atoms with Crippen molar-refractivity contribution < 1.29 is 9.90 Å². The number of carboxylic acid groups (broad SMARTS) is 1. The Kier molecular flexibility index (Phi) is 2.68. The van der Waals surface area contributed by atoms with Crippen LogP contribution in [0.4, 0.5) is 0 Å². The molecule has 1 unspecified atom stereocenters. The Morgan fingerprint density at radius 2 is 2.06 bits per heavy atom. The van der Waals surface area contributed by atoms with Gasteiger partial charge in [0.1, 0.15) is 11.7 Å². The molecule has 1 aromatic carbocycles. The van der Waals surface area contributed by atoms with Crippen molar-refractivity contribution in [1.82, 2.24) is 15.2 Å². The molecule has 0 aliphatic rings. The number of aliphatic carboxylic acids is 1. The smallest absolute Gasteiger partial charge is 0.313 e. The summed E-state index contributed by atoms with van der Waals surface area (Å²) >= 11 is 0. The van der Waals surface area contributed by atoms with Gasteiger partial charge in [-0.2, -0.15) is 5.10 Å². The molecule has 0 aliphatic heterocycles. The molecule has 0 fully saturated rings. The van der Waals surface area contributed by atoms with Gasteiger partial charge in [0.2, 0.25) is 0 Å². The first-order valence-corrected chi connectivity index (χ1v) is 4.89. The van der Waals surface area contributed by atoms with Crippen LogP contribution < -0.4 is 0 Å². The van der Waals surface area contributed by atoms with E-state index in [4.69, 9.17) is 5.11 Å². The normalized spacial score (nSPS) is 12.3. The van der Waals surface area contributed by atoms with Crippen molar-refractivity contribution in [3.63, 3.8) is 0 Å². The molecule has 0 amide bonds. The maximum atomic E-state index is 10.8. The number of benzene rings is 1. The van der Waals surface area contributed by atoms with Crippen molar-refractivity contribution in [3.05, 3.63) is 36.2 Å². The fourth-order valence-electron chi connectivity index (χ4n) is 1.30. The molecule has 16 heavy (non-hydrogen) atoms. The molecule has 0 saturated heterocycles. The standard InChI is InChI=1S/C11H11N3O2/c1-7(11(15)16)9-12-10(14-13-9)8-5-3-2-4-6-8/h2-7H,1H3,(H,15,16)(H,12,13,14). The van der Waals surface area contributed by atoms with Crippen molar-refractivity contribution in [2.45, 2.75) is 12.8 Å². The third kappa shape index (κ3) is 1.93. The van der Waals surface area contributed by atoms with Gasteiger partial charge in [-0.05, 0) is 6.92 Å². The van der Waals surface area contributed by atoms with Crippen LogP contribution >= 0.6 is 0 Å². The summed E-state index contributed by atoms with van der Waals surface area (Å²) in [6.07, 6.45) is 0. The van der Waals surface area contributed by atoms with Crippen molar-refractivity contribution in [2.24, 2.45) is 0 Å². The third-order valence-corrected chi connectivity index (χ3v) is 2.32. The highest BCUT2D eigenvalue weighted by Crippen LogP contribution is 2.17. The lowest BCUT2D eigenvalue weighted by molar-refractivity contribution is -0.138. The van der Waals surface area contributed by atoms with Gasteiger partial charge >= 0.3 is 5.97 Å². The highest BCUT2D eigenvalue weighted by Gasteiger charge is 2.18. The molecule has 5 nitrogen and oxygen atoms in total. The van der Waals surface area contributed by atoms with Gasteiger partial charge in [0.05, 0.1) is 0 Å². The summed E-state index contributed by atoms with van der Waals surface area (Å²) in [7, 11) is 0. The van der Waals surface area contributed by atoms with Crippen LogP contribution in [-0.4, -0.2) is 26.3 Å². The van der Waals surface area contributed by atoms with Crippen LogP contribution in [0.5, 0.6) is 0 Å². The molecule has 2 aromatic rings. The van der Waals surface area contributed by atoms with Crippen molar-refractivity contribution in [2.75, 3.05) is 0 Å². The number of rotatable bonds is 3. The molecule has 0 radical (unpaired) electrons. The van der Waals surface area contributed by atoms with Gasteiger partial charge in [0.25, 0.3) is 0 Å². The average molecular weight is 217 g/mol. The van der Waals surface area contributed by atoms with E-state index >= 15 is 0 Å². The number of carboxylic acids is 1. The number of nitrogens with zero attached hydrogens (tertiary/aromatic N) is 2. The van der Waals surface area contributed by atoms with E-state index < -0.39 is 11.9 Å². The number of H-pyrrole nitrogens is 1. The van der Waals surface area contributed by atoms with Crippen LogP contribution in [0.3, 0.4) is 0 Å². The Morgan fingerprint density at radius 3 is 2.69 bits per heavy atom. The number of carbonyl (C=O) groups is 1. The predicted octanol–water partition coefficient (Wildman–Crippen LogP) is 1.66. The van der Waals surface area contributed by atoms with Crippen LogP contribution in [0.25, 0.3) is 11.4 Å². The quantitative estimate of drug-likeness (QED) is 0.819. The lowest BCUT2D eigenvalue weighted by Crippen LogP contribution is -2.08. The van der Waals surface area contributed by atoms with Crippen molar-refractivity contribution >= 4 is 5.97 Å². The summed E-state index contributed by atoms with van der Waals surface area (Å²) in [6.45, 7) is 1.57. The number of aromatic nitrogens is 3. The van der Waals surface area contributed by atoms with Crippen LogP contribution in [0, 0.1) is 0 Å². The SMILES string of the molecule is CC(C(=O)O)c1nc(-c2ccccc2)n[nH]1. The molecule has 1 aromatic heterocycles. The Balaban J connectivity index is 2.30. The summed E-state index contributed by atoms with van der Waals surface area (Å²) < 4.78 is 0. The van der Waals surface area contributed by atoms with E-state index in [0.29, 0.717) is 11.6 Å². The minimum atomic E-state index is -0.921. The second-order valence-corrected chi connectivity index (χ2v) is 3.47. The molecular weight excluding hydrogens is 206 g/mol. The van der Waals surface area contributed by atoms with Gasteiger partial charge in [-0.15, -0.1) is 0 Å². The molecule has 0 aliphatic carbocycles. The Labute approximate surface area is 92.2 Å². The lowest BCUT2D eigenvalue weighted by Gasteiger charge is -1.98. The highest BCUT2D eigenvalue weighted by molar-refractivity contribution is 5.74. The molecule has 5 heteroatoms. The van der Waals surface area contributed by atoms with Gasteiger partial charge in [0, 0.05) is 5.56 Å². The summed E-state index contributed by atoms with van der Waals surface area (Å²) in [5.74, 6) is -0.712. The second kappa shape index (κ2) is 4.14. The van der Waals surface area contributed by atoms with E-state index in [1.54, 1.807) is 6.92 Å². The zero-order chi connectivity index (χ0) is 11.5. The van der Waals surface area contributed by atoms with E-state index in [1.807, 2.05) is 30.3 Å². The maximum Gasteiger partial charge on any atom is 0.313 e. The Hall–Kier alpha value is -2.17. The molecule has 1 heterocycles. The summed E-state index contributed by atoms with van der Waals surface area (Å²) in [5, 5.41) is 15.5. The fraction of sp³-hybridized carbons (Fsp3) is 0.182. The first kappa shape index (κ1) is 10.4. The molecule has 2 N–H and O–H groups in total. The lowest BCUT2D eigenvalue weighted by atomic mass is 10.2. The highest BCUT2D eigenvalue weighted by atomic mass is 16.4. The van der Waals surface area contributed by atoms with Gasteiger partial charge in [0.15, 0.2) is 5.82 Å². The van der Waals surface area contributed by atoms with Crippen LogP contribution in [0.2, 0.25) is 0 Å². The maximum absolute atomic E-state index is 10.8. The number of nitrogens with one attached hydrogen (secondary N) is 1. The van der Waals surface area contributed by atoms with Crippen molar-refractivity contribution in [1.29, 1.82) is 0 Å². The monoisotopic (exact) mass is 217 g/mol. The summed E-state index contributed by atoms with van der Waals surface area (Å²) in [5.41, 5.74) is 0.864. The third-order valence-electron chi connectivity index (χ3n) is 2.32. The van der Waals surface area contributed by atoms with Crippen LogP contribution in [0.1, 0.15) is 18.7 Å². The summed E-state index contributed by atoms with van der Waals surface area (Å²) in [6, 6.07) is 9.41. The van der Waals surface area contributed by atoms with E-state index in [2.05, 4.69) is 15.2 Å². The summed E-state index contributed by atoms with van der Waals surface area (Å²) in [4.78, 5) is 14.9. The van der Waals surface area contributed by atoms with E-state index in [-0.39, 0.29) is 0 Å². The van der Waals surface area contributed by atoms with Crippen molar-refractivity contribution in [3.8, 4) is 11.4 Å². The van der Waals surface area contributed by atoms with Gasteiger partial charge in [-0.25, -0.2) is 4.98 Å². The van der Waals surface area contributed by atoms with E-state index in [1.165, 1.54) is 0 Å². The molecule has 2 rings (SSSR count). The first-order chi connectivity index (χ1) is 7.68. The van der Waals surface area contributed by atoms with E-state index in [0.717, 1.165) is 5.56 Å². The first-order valence-electron chi connectivity index (χ1n) is 4.89. The Bertz CT molecular complexity index is 493. The number of aromatic amines is 1. The van der Waals surface area contributed by atoms with Gasteiger partial charge < -0.3 is 5.11 Å². The fourth-order valence-corrected chi connectivity index (χ4v) is 1.30. The minimum Gasteiger partial charge on any atom is -0.481 e. The molecule has 82 valence electrons. The second-order valence-electron chi connectivity index (χ2n) is 3.47. The zero-order valence-corrected chi connectivity index (χ0v) is 8.71. The van der Waals surface area contributed by atoms with E-state index in [9.17, 15) is 4.79 Å². The molecular formula is C11H11N3O2. The minimum absolute atomic E-state index is 0.367. The van der Waals surface area contributed by atoms with Crippen LogP contribution in [0.15, 0.2) is 30.3 Å². The van der Waals surface area contributed by atoms with Gasteiger partial charge in [-0.1, -0.05) is 30.3 Å². The van der Waals surface area contributed by atoms with Gasteiger partial charge in [-0.3, -0.25) is 9.89 Å². The van der Waals surface area contributed by atoms with Crippen LogP contribution in [-0.2, 0) is 4.79 Å². The Morgan fingerprint density at radius 1 is 1.38 bits per heavy atom.